The molecule has 164 valence electrons. The van der Waals surface area contributed by atoms with Crippen LogP contribution < -0.4 is 5.43 Å². The number of nitrogens with zero attached hydrogens (tertiary/aromatic N) is 1. The van der Waals surface area contributed by atoms with E-state index in [1.807, 2.05) is 0 Å². The lowest BCUT2D eigenvalue weighted by Gasteiger charge is -2.21. The molecule has 0 fully saturated rings. The van der Waals surface area contributed by atoms with Crippen LogP contribution in [0.4, 0.5) is 4.39 Å². The number of hydrogen-bond acceptors (Lipinski definition) is 5. The van der Waals surface area contributed by atoms with E-state index in [-0.39, 0.29) is 22.3 Å². The molecule has 0 aliphatic rings. The average Bonchev–Trinajstić information content (AvgIpc) is 2.69. The minimum absolute atomic E-state index is 0.0202. The smallest absolute Gasteiger partial charge is 0.341 e. The quantitative estimate of drug-likeness (QED) is 0.552. The summed E-state index contributed by atoms with van der Waals surface area (Å²) in [6.45, 7) is -0.584. The number of fused-ring (bicyclic) bond motifs is 1. The first-order valence-corrected chi connectivity index (χ1v) is 11.6. The molecule has 2 N–H and O–H groups in total. The van der Waals surface area contributed by atoms with E-state index in [1.165, 1.54) is 22.8 Å². The van der Waals surface area contributed by atoms with Crippen molar-refractivity contribution < 1.29 is 27.8 Å². The van der Waals surface area contributed by atoms with Gasteiger partial charge in [0.2, 0.25) is 5.43 Å². The molecular weight excluding hydrogens is 449 g/mol. The van der Waals surface area contributed by atoms with Crippen LogP contribution in [0.1, 0.15) is 27.5 Å². The summed E-state index contributed by atoms with van der Waals surface area (Å²) in [5.41, 5.74) is -0.239. The second-order valence-electron chi connectivity index (χ2n) is 7.25. The minimum atomic E-state index is -3.51. The third-order valence-corrected chi connectivity index (χ3v) is 6.13. The van der Waals surface area contributed by atoms with Gasteiger partial charge in [-0.1, -0.05) is 29.8 Å². The van der Waals surface area contributed by atoms with Gasteiger partial charge in [0.25, 0.3) is 0 Å². The molecule has 1 heterocycles. The third kappa shape index (κ3) is 4.95. The zero-order valence-electron chi connectivity index (χ0n) is 16.4. The van der Waals surface area contributed by atoms with Crippen LogP contribution >= 0.6 is 11.6 Å². The molecule has 7 nitrogen and oxygen atoms in total. The highest BCUT2D eigenvalue weighted by Gasteiger charge is 2.22. The molecule has 0 bridgehead atoms. The van der Waals surface area contributed by atoms with E-state index in [9.17, 15) is 32.6 Å². The molecule has 2 aromatic carbocycles. The van der Waals surface area contributed by atoms with Crippen molar-refractivity contribution in [2.45, 2.75) is 12.5 Å². The Balaban J connectivity index is 2.21. The van der Waals surface area contributed by atoms with Gasteiger partial charge in [0.15, 0.2) is 0 Å². The number of aliphatic hydroxyl groups is 1. The molecule has 3 rings (SSSR count). The van der Waals surface area contributed by atoms with Gasteiger partial charge in [-0.3, -0.25) is 4.79 Å². The molecule has 0 radical (unpaired) electrons. The fourth-order valence-corrected chi connectivity index (χ4v) is 4.60. The van der Waals surface area contributed by atoms with Crippen molar-refractivity contribution in [2.75, 3.05) is 18.6 Å². The Bertz CT molecular complexity index is 1340. The Hall–Kier alpha value is -2.75. The van der Waals surface area contributed by atoms with Gasteiger partial charge in [0.05, 0.1) is 28.9 Å². The van der Waals surface area contributed by atoms with Crippen LogP contribution in [-0.4, -0.2) is 47.8 Å². The first kappa shape index (κ1) is 22.9. The number of carboxylic acids is 1. The van der Waals surface area contributed by atoms with Gasteiger partial charge in [-0.2, -0.15) is 0 Å². The molecule has 31 heavy (non-hydrogen) atoms. The maximum absolute atomic E-state index is 14.3. The van der Waals surface area contributed by atoms with E-state index in [0.717, 1.165) is 12.5 Å². The summed E-state index contributed by atoms with van der Waals surface area (Å²) in [6, 6.07) is 8.14. The number of aliphatic hydroxyl groups excluding tert-OH is 1. The third-order valence-electron chi connectivity index (χ3n) is 4.85. The number of carbonyl (C=O) groups is 1. The van der Waals surface area contributed by atoms with Gasteiger partial charge >= 0.3 is 5.97 Å². The lowest BCUT2D eigenvalue weighted by molar-refractivity contribution is 0.0694. The first-order chi connectivity index (χ1) is 14.5. The lowest BCUT2D eigenvalue weighted by Crippen LogP contribution is -2.27. The van der Waals surface area contributed by atoms with E-state index in [1.54, 1.807) is 18.2 Å². The Labute approximate surface area is 182 Å². The molecule has 0 spiro atoms. The Morgan fingerprint density at radius 1 is 1.26 bits per heavy atom. The molecule has 0 aliphatic carbocycles. The fourth-order valence-electron chi connectivity index (χ4n) is 3.44. The second kappa shape index (κ2) is 8.78. The first-order valence-electron chi connectivity index (χ1n) is 9.14. The Morgan fingerprint density at radius 3 is 2.58 bits per heavy atom. The number of benzene rings is 2. The number of hydrogen-bond donors (Lipinski definition) is 2. The standard InChI is InChI=1S/C21H19ClFNO6S/c1-31(29,30)11-14(10-25)24-9-16(21(27)28)20(26)15-8-12(5-6-18(15)24)7-13-3-2-4-17(22)19(13)23/h2-6,8-9,14,25H,7,10-11H2,1H3,(H,27,28)/t14-/m1/s1. The van der Waals surface area contributed by atoms with Crippen LogP contribution in [0.2, 0.25) is 5.02 Å². The van der Waals surface area contributed by atoms with Gasteiger partial charge in [-0.25, -0.2) is 17.6 Å². The lowest BCUT2D eigenvalue weighted by atomic mass is 10.0. The summed E-state index contributed by atoms with van der Waals surface area (Å²) in [5, 5.41) is 19.2. The summed E-state index contributed by atoms with van der Waals surface area (Å²) < 4.78 is 39.1. The zero-order valence-corrected chi connectivity index (χ0v) is 18.0. The van der Waals surface area contributed by atoms with E-state index >= 15 is 0 Å². The molecule has 0 saturated heterocycles. The highest BCUT2D eigenvalue weighted by atomic mass is 35.5. The normalized spacial score (nSPS) is 12.8. The highest BCUT2D eigenvalue weighted by molar-refractivity contribution is 7.90. The number of aromatic carboxylic acids is 1. The van der Waals surface area contributed by atoms with Crippen molar-refractivity contribution in [1.29, 1.82) is 0 Å². The average molecular weight is 468 g/mol. The predicted octanol–water partition coefficient (Wildman–Crippen LogP) is 2.66. The molecule has 0 unspecified atom stereocenters. The van der Waals surface area contributed by atoms with Gasteiger partial charge in [-0.05, 0) is 29.3 Å². The van der Waals surface area contributed by atoms with Crippen molar-refractivity contribution in [1.82, 2.24) is 4.57 Å². The molecule has 10 heteroatoms. The van der Waals surface area contributed by atoms with E-state index in [2.05, 4.69) is 0 Å². The summed E-state index contributed by atoms with van der Waals surface area (Å²) in [4.78, 5) is 24.4. The van der Waals surface area contributed by atoms with Crippen molar-refractivity contribution in [3.8, 4) is 0 Å². The largest absolute Gasteiger partial charge is 0.477 e. The van der Waals surface area contributed by atoms with Crippen LogP contribution in [-0.2, 0) is 16.3 Å². The Morgan fingerprint density at radius 2 is 1.97 bits per heavy atom. The summed E-state index contributed by atoms with van der Waals surface area (Å²) >= 11 is 5.81. The maximum atomic E-state index is 14.3. The molecule has 1 aromatic heterocycles. The van der Waals surface area contributed by atoms with Gasteiger partial charge < -0.3 is 14.8 Å². The molecule has 0 aliphatic heterocycles. The molecular formula is C21H19ClFNO6S. The molecule has 3 aromatic rings. The van der Waals surface area contributed by atoms with Crippen molar-refractivity contribution in [3.05, 3.63) is 80.3 Å². The van der Waals surface area contributed by atoms with E-state index in [0.29, 0.717) is 11.1 Å². The number of halogens is 2. The minimum Gasteiger partial charge on any atom is -0.477 e. The zero-order chi connectivity index (χ0) is 22.9. The predicted molar refractivity (Wildman–Crippen MR) is 115 cm³/mol. The number of sulfone groups is 1. The van der Waals surface area contributed by atoms with Crippen LogP contribution in [0.15, 0.2) is 47.4 Å². The molecule has 0 amide bonds. The topological polar surface area (TPSA) is 114 Å². The van der Waals surface area contributed by atoms with Crippen molar-refractivity contribution >= 4 is 38.3 Å². The Kier molecular flexibility index (Phi) is 6.49. The SMILES string of the molecule is CS(=O)(=O)C[C@@H](CO)n1cc(C(=O)O)c(=O)c2cc(Cc3cccc(Cl)c3F)ccc21. The van der Waals surface area contributed by atoms with Gasteiger partial charge in [0.1, 0.15) is 21.2 Å². The molecule has 1 atom stereocenters. The van der Waals surface area contributed by atoms with Crippen molar-refractivity contribution in [3.63, 3.8) is 0 Å². The monoisotopic (exact) mass is 467 g/mol. The van der Waals surface area contributed by atoms with Gasteiger partial charge in [0, 0.05) is 24.3 Å². The number of rotatable bonds is 7. The maximum Gasteiger partial charge on any atom is 0.341 e. The second-order valence-corrected chi connectivity index (χ2v) is 9.85. The van der Waals surface area contributed by atoms with E-state index in [4.69, 9.17) is 11.6 Å². The highest BCUT2D eigenvalue weighted by Crippen LogP contribution is 2.24. The fraction of sp³-hybridized carbons (Fsp3) is 0.238. The summed E-state index contributed by atoms with van der Waals surface area (Å²) in [5.74, 6) is -2.52. The summed E-state index contributed by atoms with van der Waals surface area (Å²) in [7, 11) is -3.51. The van der Waals surface area contributed by atoms with Crippen LogP contribution in [0.5, 0.6) is 0 Å². The number of pyridine rings is 1. The summed E-state index contributed by atoms with van der Waals surface area (Å²) in [6.07, 6.45) is 2.14. The van der Waals surface area contributed by atoms with Crippen molar-refractivity contribution in [2.24, 2.45) is 0 Å². The number of aromatic nitrogens is 1. The van der Waals surface area contributed by atoms with Crippen LogP contribution in [0, 0.1) is 5.82 Å². The van der Waals surface area contributed by atoms with Gasteiger partial charge in [-0.15, -0.1) is 0 Å². The van der Waals surface area contributed by atoms with Crippen LogP contribution in [0.3, 0.4) is 0 Å². The van der Waals surface area contributed by atoms with Crippen LogP contribution in [0.25, 0.3) is 10.9 Å². The van der Waals surface area contributed by atoms with E-state index < -0.39 is 51.0 Å². The number of carboxylic acid groups (broad SMARTS) is 1. The molecule has 0 saturated carbocycles.